The van der Waals surface area contributed by atoms with E-state index < -0.39 is 11.6 Å². The third kappa shape index (κ3) is 6.82. The Balaban J connectivity index is 3.55. The Bertz CT molecular complexity index is 170. The van der Waals surface area contributed by atoms with Gasteiger partial charge in [0.15, 0.2) is 0 Å². The summed E-state index contributed by atoms with van der Waals surface area (Å²) in [6.07, 6.45) is 0.587. The van der Waals surface area contributed by atoms with Gasteiger partial charge >= 0.3 is 5.97 Å². The summed E-state index contributed by atoms with van der Waals surface area (Å²) in [4.78, 5) is 11.1. The van der Waals surface area contributed by atoms with Gasteiger partial charge in [0.05, 0.1) is 18.6 Å². The number of ether oxygens (including phenoxy) is 2. The van der Waals surface area contributed by atoms with Crippen LogP contribution in [-0.4, -0.2) is 43.5 Å². The highest BCUT2D eigenvalue weighted by atomic mass is 16.5. The van der Waals surface area contributed by atoms with Crippen LogP contribution >= 0.6 is 0 Å². The van der Waals surface area contributed by atoms with Gasteiger partial charge in [0, 0.05) is 26.7 Å². The van der Waals surface area contributed by atoms with Crippen molar-refractivity contribution < 1.29 is 19.4 Å². The molecule has 0 aliphatic rings. The van der Waals surface area contributed by atoms with Crippen molar-refractivity contribution in [3.8, 4) is 0 Å². The van der Waals surface area contributed by atoms with Crippen LogP contribution in [0.15, 0.2) is 0 Å². The van der Waals surface area contributed by atoms with E-state index in [0.717, 1.165) is 0 Å². The zero-order valence-electron chi connectivity index (χ0n) is 8.78. The first kappa shape index (κ1) is 13.4. The fourth-order valence-corrected chi connectivity index (χ4v) is 0.823. The maximum Gasteiger partial charge on any atom is 0.308 e. The Morgan fingerprint density at radius 1 is 1.50 bits per heavy atom. The lowest BCUT2D eigenvalue weighted by Crippen LogP contribution is -2.37. The van der Waals surface area contributed by atoms with Crippen LogP contribution in [0.25, 0.3) is 0 Å². The molecule has 5 nitrogen and oxygen atoms in total. The van der Waals surface area contributed by atoms with E-state index in [2.05, 4.69) is 0 Å². The van der Waals surface area contributed by atoms with Crippen molar-refractivity contribution >= 4 is 5.97 Å². The molecule has 0 amide bonds. The van der Waals surface area contributed by atoms with Crippen molar-refractivity contribution in [2.75, 3.05) is 26.9 Å². The van der Waals surface area contributed by atoms with Gasteiger partial charge in [0.25, 0.3) is 0 Å². The quantitative estimate of drug-likeness (QED) is 0.439. The van der Waals surface area contributed by atoms with E-state index in [1.807, 2.05) is 0 Å². The molecule has 0 radical (unpaired) electrons. The number of hydrogen-bond donors (Lipinski definition) is 2. The molecule has 1 atom stereocenters. The van der Waals surface area contributed by atoms with Crippen LogP contribution in [-0.2, 0) is 14.3 Å². The fourth-order valence-electron chi connectivity index (χ4n) is 0.823. The zero-order valence-corrected chi connectivity index (χ0v) is 8.78. The van der Waals surface area contributed by atoms with E-state index in [4.69, 9.17) is 15.2 Å². The monoisotopic (exact) mass is 205 g/mol. The largest absolute Gasteiger partial charge is 0.466 e. The van der Waals surface area contributed by atoms with Gasteiger partial charge in [-0.15, -0.1) is 0 Å². The Kier molecular flexibility index (Phi) is 6.44. The van der Waals surface area contributed by atoms with Crippen molar-refractivity contribution in [2.24, 2.45) is 5.73 Å². The molecule has 1 unspecified atom stereocenters. The van der Waals surface area contributed by atoms with Gasteiger partial charge in [-0.3, -0.25) is 4.79 Å². The number of methoxy groups -OCH3 is 1. The first-order valence-corrected chi connectivity index (χ1v) is 4.59. The van der Waals surface area contributed by atoms with E-state index >= 15 is 0 Å². The SMILES string of the molecule is COCCCOC(=O)CC(C)(O)CN. The minimum atomic E-state index is -1.17. The molecular formula is C9H19NO4. The number of carbonyl (C=O) groups is 1. The molecule has 0 rings (SSSR count). The predicted molar refractivity (Wildman–Crippen MR) is 51.7 cm³/mol. The average Bonchev–Trinajstić information content (AvgIpc) is 2.12. The van der Waals surface area contributed by atoms with Crippen molar-refractivity contribution in [3.63, 3.8) is 0 Å². The van der Waals surface area contributed by atoms with E-state index in [1.165, 1.54) is 6.92 Å². The molecule has 0 aliphatic carbocycles. The van der Waals surface area contributed by atoms with Gasteiger partial charge in [0.1, 0.15) is 0 Å². The number of aliphatic hydroxyl groups is 1. The number of rotatable bonds is 7. The smallest absolute Gasteiger partial charge is 0.308 e. The van der Waals surface area contributed by atoms with Crippen LogP contribution in [0, 0.1) is 0 Å². The summed E-state index contributed by atoms with van der Waals surface area (Å²) in [5.41, 5.74) is 4.08. The summed E-state index contributed by atoms with van der Waals surface area (Å²) in [6, 6.07) is 0. The van der Waals surface area contributed by atoms with E-state index in [9.17, 15) is 9.90 Å². The third-order valence-electron chi connectivity index (χ3n) is 1.72. The number of esters is 1. The molecule has 0 aromatic rings. The van der Waals surface area contributed by atoms with Crippen molar-refractivity contribution in [1.29, 1.82) is 0 Å². The Hall–Kier alpha value is -0.650. The summed E-state index contributed by atoms with van der Waals surface area (Å²) in [6.45, 7) is 2.41. The topological polar surface area (TPSA) is 81.8 Å². The Morgan fingerprint density at radius 2 is 2.14 bits per heavy atom. The molecule has 0 aliphatic heterocycles. The lowest BCUT2D eigenvalue weighted by Gasteiger charge is -2.19. The second-order valence-corrected chi connectivity index (χ2v) is 3.44. The van der Waals surface area contributed by atoms with E-state index in [0.29, 0.717) is 19.6 Å². The van der Waals surface area contributed by atoms with Crippen molar-refractivity contribution in [3.05, 3.63) is 0 Å². The molecule has 0 aromatic heterocycles. The standard InChI is InChI=1S/C9H19NO4/c1-9(12,7-10)6-8(11)14-5-3-4-13-2/h12H,3-7,10H2,1-2H3. The van der Waals surface area contributed by atoms with Crippen molar-refractivity contribution in [2.45, 2.75) is 25.4 Å². The molecule has 84 valence electrons. The summed E-state index contributed by atoms with van der Waals surface area (Å²) < 4.78 is 9.63. The van der Waals surface area contributed by atoms with Crippen LogP contribution in [0.4, 0.5) is 0 Å². The van der Waals surface area contributed by atoms with Crippen LogP contribution in [0.2, 0.25) is 0 Å². The summed E-state index contributed by atoms with van der Waals surface area (Å²) in [5, 5.41) is 9.45. The molecule has 0 saturated carbocycles. The molecule has 0 saturated heterocycles. The first-order chi connectivity index (χ1) is 6.52. The molecular weight excluding hydrogens is 186 g/mol. The van der Waals surface area contributed by atoms with Gasteiger partial charge < -0.3 is 20.3 Å². The number of hydrogen-bond acceptors (Lipinski definition) is 5. The molecule has 5 heteroatoms. The molecule has 0 spiro atoms. The highest BCUT2D eigenvalue weighted by molar-refractivity contribution is 5.70. The molecule has 0 bridgehead atoms. The van der Waals surface area contributed by atoms with Crippen LogP contribution < -0.4 is 5.73 Å². The molecule has 3 N–H and O–H groups in total. The first-order valence-electron chi connectivity index (χ1n) is 4.59. The number of nitrogens with two attached hydrogens (primary N) is 1. The summed E-state index contributed by atoms with van der Waals surface area (Å²) in [7, 11) is 1.58. The van der Waals surface area contributed by atoms with Gasteiger partial charge in [-0.2, -0.15) is 0 Å². The second-order valence-electron chi connectivity index (χ2n) is 3.44. The molecule has 0 heterocycles. The summed E-state index contributed by atoms with van der Waals surface area (Å²) >= 11 is 0. The minimum Gasteiger partial charge on any atom is -0.466 e. The summed E-state index contributed by atoms with van der Waals surface area (Å²) in [5.74, 6) is -0.434. The maximum atomic E-state index is 11.1. The molecule has 0 aromatic carbocycles. The highest BCUT2D eigenvalue weighted by Gasteiger charge is 2.23. The van der Waals surface area contributed by atoms with Crippen LogP contribution in [0.5, 0.6) is 0 Å². The van der Waals surface area contributed by atoms with Gasteiger partial charge in [-0.25, -0.2) is 0 Å². The van der Waals surface area contributed by atoms with Gasteiger partial charge in [-0.05, 0) is 6.92 Å². The zero-order chi connectivity index (χ0) is 11.0. The highest BCUT2D eigenvalue weighted by Crippen LogP contribution is 2.07. The Morgan fingerprint density at radius 3 is 2.64 bits per heavy atom. The normalized spacial score (nSPS) is 14.9. The lowest BCUT2D eigenvalue weighted by molar-refractivity contribution is -0.148. The van der Waals surface area contributed by atoms with E-state index in [1.54, 1.807) is 7.11 Å². The Labute approximate surface area is 84.2 Å². The second kappa shape index (κ2) is 6.75. The fraction of sp³-hybridized carbons (Fsp3) is 0.889. The predicted octanol–water partition coefficient (Wildman–Crippen LogP) is -0.334. The van der Waals surface area contributed by atoms with Gasteiger partial charge in [0.2, 0.25) is 0 Å². The van der Waals surface area contributed by atoms with Crippen LogP contribution in [0.3, 0.4) is 0 Å². The van der Waals surface area contributed by atoms with E-state index in [-0.39, 0.29) is 13.0 Å². The van der Waals surface area contributed by atoms with Crippen LogP contribution in [0.1, 0.15) is 19.8 Å². The molecule has 14 heavy (non-hydrogen) atoms. The van der Waals surface area contributed by atoms with Gasteiger partial charge in [-0.1, -0.05) is 0 Å². The lowest BCUT2D eigenvalue weighted by atomic mass is 10.0. The minimum absolute atomic E-state index is 0.0418. The maximum absolute atomic E-state index is 11.1. The number of carbonyl (C=O) groups excluding carboxylic acids is 1. The average molecular weight is 205 g/mol. The van der Waals surface area contributed by atoms with Crippen molar-refractivity contribution in [1.82, 2.24) is 0 Å². The third-order valence-corrected chi connectivity index (χ3v) is 1.72. The molecule has 0 fully saturated rings.